The molecular weight excluding hydrogens is 304 g/mol. The molecule has 5 nitrogen and oxygen atoms in total. The maximum Gasteiger partial charge on any atom is 0.191 e. The van der Waals surface area contributed by atoms with Crippen molar-refractivity contribution in [2.24, 2.45) is 0 Å². The van der Waals surface area contributed by atoms with Gasteiger partial charge in [-0.15, -0.1) is 21.5 Å². The molecule has 0 amide bonds. The first-order chi connectivity index (χ1) is 10.2. The molecule has 0 aliphatic heterocycles. The molecule has 7 heteroatoms. The Morgan fingerprint density at radius 1 is 1.33 bits per heavy atom. The van der Waals surface area contributed by atoms with E-state index in [9.17, 15) is 0 Å². The number of hydrogen-bond acceptors (Lipinski definition) is 6. The van der Waals surface area contributed by atoms with Gasteiger partial charge in [0.2, 0.25) is 0 Å². The molecule has 0 unspecified atom stereocenters. The molecule has 0 N–H and O–H groups in total. The predicted octanol–water partition coefficient (Wildman–Crippen LogP) is 3.92. The van der Waals surface area contributed by atoms with Gasteiger partial charge in [0, 0.05) is 17.9 Å². The summed E-state index contributed by atoms with van der Waals surface area (Å²) in [5.41, 5.74) is 2.09. The van der Waals surface area contributed by atoms with Crippen LogP contribution in [0.4, 0.5) is 0 Å². The highest BCUT2D eigenvalue weighted by Gasteiger charge is 2.16. The normalized spacial score (nSPS) is 11.2. The van der Waals surface area contributed by atoms with E-state index < -0.39 is 0 Å². The van der Waals surface area contributed by atoms with Crippen LogP contribution < -0.4 is 0 Å². The summed E-state index contributed by atoms with van der Waals surface area (Å²) < 4.78 is 7.35. The van der Waals surface area contributed by atoms with Gasteiger partial charge in [0.25, 0.3) is 0 Å². The maximum absolute atomic E-state index is 5.20. The lowest BCUT2D eigenvalue weighted by atomic mass is 10.2. The Kier molecular flexibility index (Phi) is 4.12. The average molecular weight is 320 g/mol. The summed E-state index contributed by atoms with van der Waals surface area (Å²) in [6.45, 7) is 6.87. The van der Waals surface area contributed by atoms with Crippen LogP contribution in [0.15, 0.2) is 27.2 Å². The lowest BCUT2D eigenvalue weighted by Crippen LogP contribution is -1.99. The van der Waals surface area contributed by atoms with E-state index in [2.05, 4.69) is 38.3 Å². The summed E-state index contributed by atoms with van der Waals surface area (Å²) in [6.07, 6.45) is 0. The summed E-state index contributed by atoms with van der Waals surface area (Å²) in [6, 6.07) is 4.11. The van der Waals surface area contributed by atoms with Crippen LogP contribution >= 0.6 is 23.1 Å². The number of rotatable bonds is 5. The second-order valence-corrected chi connectivity index (χ2v) is 6.51. The third-order valence-electron chi connectivity index (χ3n) is 3.30. The number of thioether (sulfide) groups is 1. The van der Waals surface area contributed by atoms with Crippen molar-refractivity contribution in [2.45, 2.75) is 38.2 Å². The van der Waals surface area contributed by atoms with Crippen molar-refractivity contribution in [1.29, 1.82) is 0 Å². The fraction of sp³-hybridized carbons (Fsp3) is 0.357. The summed E-state index contributed by atoms with van der Waals surface area (Å²) in [5.74, 6) is 2.61. The zero-order chi connectivity index (χ0) is 14.8. The Balaban J connectivity index is 1.83. The van der Waals surface area contributed by atoms with Crippen LogP contribution in [0.5, 0.6) is 0 Å². The van der Waals surface area contributed by atoms with Crippen molar-refractivity contribution in [3.05, 3.63) is 34.5 Å². The second kappa shape index (κ2) is 6.03. The van der Waals surface area contributed by atoms with E-state index in [1.807, 2.05) is 19.9 Å². The number of aromatic nitrogens is 4. The van der Waals surface area contributed by atoms with Crippen molar-refractivity contribution < 1.29 is 4.52 Å². The van der Waals surface area contributed by atoms with Gasteiger partial charge < -0.3 is 9.09 Å². The van der Waals surface area contributed by atoms with Gasteiger partial charge in [0.1, 0.15) is 5.76 Å². The molecule has 0 fully saturated rings. The van der Waals surface area contributed by atoms with Crippen LogP contribution in [-0.2, 0) is 12.3 Å². The molecule has 0 saturated carbocycles. The highest BCUT2D eigenvalue weighted by molar-refractivity contribution is 7.98. The monoisotopic (exact) mass is 320 g/mol. The fourth-order valence-electron chi connectivity index (χ4n) is 2.11. The Hall–Kier alpha value is -1.60. The van der Waals surface area contributed by atoms with Crippen molar-refractivity contribution in [3.63, 3.8) is 0 Å². The van der Waals surface area contributed by atoms with E-state index in [0.29, 0.717) is 0 Å². The largest absolute Gasteiger partial charge is 0.361 e. The summed E-state index contributed by atoms with van der Waals surface area (Å²) >= 11 is 3.35. The molecule has 0 saturated heterocycles. The standard InChI is InChI=1S/C14H16N4OS2/c1-4-18-13(12-6-5-7-20-12)15-16-14(18)21-8-11-9(2)17-19-10(11)3/h5-7H,4,8H2,1-3H3. The van der Waals surface area contributed by atoms with Crippen molar-refractivity contribution in [2.75, 3.05) is 0 Å². The third-order valence-corrected chi connectivity index (χ3v) is 5.16. The first kappa shape index (κ1) is 14.3. The van der Waals surface area contributed by atoms with E-state index in [1.54, 1.807) is 23.1 Å². The molecule has 3 aromatic heterocycles. The van der Waals surface area contributed by atoms with Crippen LogP contribution in [0.3, 0.4) is 0 Å². The van der Waals surface area contributed by atoms with E-state index in [0.717, 1.165) is 45.2 Å². The number of hydrogen-bond donors (Lipinski definition) is 0. The minimum Gasteiger partial charge on any atom is -0.361 e. The summed E-state index contributed by atoms with van der Waals surface area (Å²) in [7, 11) is 0. The zero-order valence-corrected chi connectivity index (χ0v) is 13.8. The molecule has 3 aromatic rings. The molecule has 110 valence electrons. The van der Waals surface area contributed by atoms with Crippen LogP contribution in [0.1, 0.15) is 23.9 Å². The molecular formula is C14H16N4OS2. The smallest absolute Gasteiger partial charge is 0.191 e. The SMILES string of the molecule is CCn1c(SCc2c(C)noc2C)nnc1-c1cccs1. The van der Waals surface area contributed by atoms with Gasteiger partial charge in [0.05, 0.1) is 10.6 Å². The molecule has 0 aliphatic carbocycles. The topological polar surface area (TPSA) is 56.7 Å². The van der Waals surface area contributed by atoms with Crippen LogP contribution in [0.2, 0.25) is 0 Å². The number of thiophene rings is 1. The number of nitrogens with zero attached hydrogens (tertiary/aromatic N) is 4. The minimum absolute atomic E-state index is 0.795. The highest BCUT2D eigenvalue weighted by atomic mass is 32.2. The lowest BCUT2D eigenvalue weighted by Gasteiger charge is -2.05. The minimum atomic E-state index is 0.795. The molecule has 3 rings (SSSR count). The van der Waals surface area contributed by atoms with Crippen molar-refractivity contribution in [1.82, 2.24) is 19.9 Å². The molecule has 0 spiro atoms. The lowest BCUT2D eigenvalue weighted by molar-refractivity contribution is 0.392. The van der Waals surface area contributed by atoms with Gasteiger partial charge in [-0.3, -0.25) is 0 Å². The number of aryl methyl sites for hydroxylation is 2. The first-order valence-corrected chi connectivity index (χ1v) is 8.58. The summed E-state index contributed by atoms with van der Waals surface area (Å²) in [4.78, 5) is 1.15. The maximum atomic E-state index is 5.20. The van der Waals surface area contributed by atoms with E-state index in [-0.39, 0.29) is 0 Å². The van der Waals surface area contributed by atoms with Gasteiger partial charge in [0.15, 0.2) is 11.0 Å². The molecule has 21 heavy (non-hydrogen) atoms. The first-order valence-electron chi connectivity index (χ1n) is 6.72. The molecule has 0 atom stereocenters. The molecule has 0 radical (unpaired) electrons. The van der Waals surface area contributed by atoms with E-state index in [1.165, 1.54) is 0 Å². The Labute approximate surface area is 131 Å². The van der Waals surface area contributed by atoms with Gasteiger partial charge in [-0.05, 0) is 32.2 Å². The Morgan fingerprint density at radius 3 is 2.81 bits per heavy atom. The van der Waals surface area contributed by atoms with E-state index >= 15 is 0 Å². The quantitative estimate of drug-likeness (QED) is 0.667. The van der Waals surface area contributed by atoms with Gasteiger partial charge >= 0.3 is 0 Å². The third kappa shape index (κ3) is 2.75. The second-order valence-electron chi connectivity index (χ2n) is 4.62. The summed E-state index contributed by atoms with van der Waals surface area (Å²) in [5, 5.41) is 15.6. The highest BCUT2D eigenvalue weighted by Crippen LogP contribution is 2.29. The molecule has 0 aliphatic rings. The van der Waals surface area contributed by atoms with Crippen LogP contribution in [0, 0.1) is 13.8 Å². The fourth-order valence-corrected chi connectivity index (χ4v) is 3.99. The van der Waals surface area contributed by atoms with Gasteiger partial charge in [-0.1, -0.05) is 23.0 Å². The average Bonchev–Trinajstić information content (AvgIpc) is 3.18. The Bertz CT molecular complexity index is 711. The van der Waals surface area contributed by atoms with Crippen molar-refractivity contribution in [3.8, 4) is 10.7 Å². The van der Waals surface area contributed by atoms with Crippen molar-refractivity contribution >= 4 is 23.1 Å². The zero-order valence-electron chi connectivity index (χ0n) is 12.2. The molecule has 0 bridgehead atoms. The van der Waals surface area contributed by atoms with Gasteiger partial charge in [-0.2, -0.15) is 0 Å². The molecule has 3 heterocycles. The van der Waals surface area contributed by atoms with E-state index in [4.69, 9.17) is 4.52 Å². The van der Waals surface area contributed by atoms with Crippen LogP contribution in [0.25, 0.3) is 10.7 Å². The van der Waals surface area contributed by atoms with Crippen LogP contribution in [-0.4, -0.2) is 19.9 Å². The van der Waals surface area contributed by atoms with Gasteiger partial charge in [-0.25, -0.2) is 0 Å². The predicted molar refractivity (Wildman–Crippen MR) is 84.5 cm³/mol. The molecule has 0 aromatic carbocycles. The Morgan fingerprint density at radius 2 is 2.19 bits per heavy atom.